The Kier molecular flexibility index (Phi) is 5.41. The molecular formula is C21H23N5O2. The lowest BCUT2D eigenvalue weighted by Crippen LogP contribution is -2.39. The second kappa shape index (κ2) is 8.29. The summed E-state index contributed by atoms with van der Waals surface area (Å²) in [5.41, 5.74) is 1.15. The molecule has 1 saturated carbocycles. The van der Waals surface area contributed by atoms with Crippen LogP contribution in [0.4, 0.5) is 11.6 Å². The highest BCUT2D eigenvalue weighted by atomic mass is 16.2. The highest BCUT2D eigenvalue weighted by Crippen LogP contribution is 2.34. The Hall–Kier alpha value is -3.09. The Morgan fingerprint density at radius 3 is 2.93 bits per heavy atom. The van der Waals surface area contributed by atoms with Gasteiger partial charge in [0.2, 0.25) is 5.91 Å². The molecule has 3 unspecified atom stereocenters. The van der Waals surface area contributed by atoms with E-state index in [0.29, 0.717) is 24.6 Å². The first kappa shape index (κ1) is 18.3. The number of carbonyl (C=O) groups is 2. The fourth-order valence-corrected chi connectivity index (χ4v) is 3.87. The van der Waals surface area contributed by atoms with Gasteiger partial charge in [-0.15, -0.1) is 0 Å². The predicted molar refractivity (Wildman–Crippen MR) is 107 cm³/mol. The zero-order valence-electron chi connectivity index (χ0n) is 15.5. The molecule has 0 saturated heterocycles. The van der Waals surface area contributed by atoms with Gasteiger partial charge >= 0.3 is 0 Å². The van der Waals surface area contributed by atoms with Crippen molar-refractivity contribution in [3.05, 3.63) is 48.3 Å². The lowest BCUT2D eigenvalue weighted by Gasteiger charge is -2.26. The van der Waals surface area contributed by atoms with Gasteiger partial charge in [0.1, 0.15) is 17.4 Å². The molecule has 0 spiro atoms. The minimum Gasteiger partial charge on any atom is -0.370 e. The zero-order chi connectivity index (χ0) is 19.3. The molecule has 0 aromatic carbocycles. The van der Waals surface area contributed by atoms with Crippen molar-refractivity contribution in [2.75, 3.05) is 17.2 Å². The number of nitrogens with one attached hydrogen (secondary N) is 2. The van der Waals surface area contributed by atoms with Crippen LogP contribution in [-0.4, -0.2) is 40.5 Å². The van der Waals surface area contributed by atoms with Crippen LogP contribution in [0.25, 0.3) is 0 Å². The van der Waals surface area contributed by atoms with E-state index >= 15 is 0 Å². The molecule has 1 fully saturated rings. The van der Waals surface area contributed by atoms with E-state index in [4.69, 9.17) is 0 Å². The third-order valence-electron chi connectivity index (χ3n) is 5.28. The van der Waals surface area contributed by atoms with E-state index in [2.05, 4.69) is 25.6 Å². The van der Waals surface area contributed by atoms with Crippen molar-refractivity contribution in [2.24, 2.45) is 16.8 Å². The number of hydrogen-bond acceptors (Lipinski definition) is 6. The lowest BCUT2D eigenvalue weighted by atomic mass is 9.78. The van der Waals surface area contributed by atoms with Gasteiger partial charge in [0, 0.05) is 31.6 Å². The Morgan fingerprint density at radius 2 is 2.07 bits per heavy atom. The SMILES string of the molecule is O=C(Nc1cccc(NCCc2cccnc2)n1)C1C=NC2CCCC(=O)C21. The van der Waals surface area contributed by atoms with Gasteiger partial charge in [-0.25, -0.2) is 4.98 Å². The molecule has 2 aromatic rings. The molecule has 0 radical (unpaired) electrons. The lowest BCUT2D eigenvalue weighted by molar-refractivity contribution is -0.130. The van der Waals surface area contributed by atoms with Gasteiger partial charge in [-0.2, -0.15) is 0 Å². The van der Waals surface area contributed by atoms with Crippen molar-refractivity contribution in [3.8, 4) is 0 Å². The number of anilines is 2. The van der Waals surface area contributed by atoms with Crippen LogP contribution in [0.3, 0.4) is 0 Å². The van der Waals surface area contributed by atoms with Gasteiger partial charge in [0.05, 0.1) is 17.9 Å². The normalized spacial score (nSPS) is 23.3. The Morgan fingerprint density at radius 1 is 1.18 bits per heavy atom. The molecule has 4 rings (SSSR count). The van der Waals surface area contributed by atoms with Gasteiger partial charge in [-0.1, -0.05) is 12.1 Å². The molecule has 0 bridgehead atoms. The number of nitrogens with zero attached hydrogens (tertiary/aromatic N) is 3. The average Bonchev–Trinajstić information content (AvgIpc) is 3.15. The topological polar surface area (TPSA) is 96.3 Å². The van der Waals surface area contributed by atoms with E-state index in [9.17, 15) is 9.59 Å². The second-order valence-electron chi connectivity index (χ2n) is 7.21. The molecule has 28 heavy (non-hydrogen) atoms. The number of aliphatic imine (C=N–C) groups is 1. The zero-order valence-corrected chi connectivity index (χ0v) is 15.5. The number of carbonyl (C=O) groups excluding carboxylic acids is 2. The van der Waals surface area contributed by atoms with Gasteiger partial charge in [-0.3, -0.25) is 19.6 Å². The number of pyridine rings is 2. The quantitative estimate of drug-likeness (QED) is 0.806. The van der Waals surface area contributed by atoms with E-state index in [1.165, 1.54) is 0 Å². The van der Waals surface area contributed by atoms with E-state index in [1.54, 1.807) is 18.5 Å². The molecule has 2 aromatic heterocycles. The average molecular weight is 377 g/mol. The number of Topliss-reactive ketones (excluding diaryl/α,β-unsaturated/α-hetero) is 1. The molecule has 2 N–H and O–H groups in total. The number of amides is 1. The van der Waals surface area contributed by atoms with Crippen molar-refractivity contribution in [3.63, 3.8) is 0 Å². The molecule has 3 heterocycles. The van der Waals surface area contributed by atoms with E-state index in [1.807, 2.05) is 30.5 Å². The standard InChI is InChI=1S/C21H23N5O2/c27-17-6-1-5-16-20(17)15(13-24-16)21(28)26-19-8-2-7-18(25-19)23-11-9-14-4-3-10-22-12-14/h2-4,7-8,10,12-13,15-16,20H,1,5-6,9,11H2,(H2,23,25,26,28). The monoisotopic (exact) mass is 377 g/mol. The third-order valence-corrected chi connectivity index (χ3v) is 5.28. The number of rotatable bonds is 6. The van der Waals surface area contributed by atoms with Crippen LogP contribution >= 0.6 is 0 Å². The Bertz CT molecular complexity index is 883. The first-order valence-electron chi connectivity index (χ1n) is 9.67. The molecule has 1 aliphatic heterocycles. The Balaban J connectivity index is 1.35. The minimum atomic E-state index is -0.498. The van der Waals surface area contributed by atoms with Crippen molar-refractivity contribution in [1.29, 1.82) is 0 Å². The van der Waals surface area contributed by atoms with E-state index < -0.39 is 5.92 Å². The van der Waals surface area contributed by atoms with Crippen LogP contribution in [0.15, 0.2) is 47.7 Å². The largest absolute Gasteiger partial charge is 0.370 e. The first-order chi connectivity index (χ1) is 13.7. The Labute approximate surface area is 163 Å². The van der Waals surface area contributed by atoms with Gasteiger partial charge in [-0.05, 0) is 43.0 Å². The molecule has 7 heteroatoms. The maximum Gasteiger partial charge on any atom is 0.234 e. The van der Waals surface area contributed by atoms with Crippen LogP contribution in [0.5, 0.6) is 0 Å². The minimum absolute atomic E-state index is 0.0366. The van der Waals surface area contributed by atoms with Crippen LogP contribution in [0, 0.1) is 11.8 Å². The molecule has 1 aliphatic carbocycles. The van der Waals surface area contributed by atoms with Gasteiger partial charge in [0.15, 0.2) is 0 Å². The van der Waals surface area contributed by atoms with E-state index in [0.717, 1.165) is 24.8 Å². The molecule has 3 atom stereocenters. The van der Waals surface area contributed by atoms with Gasteiger partial charge < -0.3 is 10.6 Å². The summed E-state index contributed by atoms with van der Waals surface area (Å²) in [4.78, 5) is 37.9. The molecule has 144 valence electrons. The van der Waals surface area contributed by atoms with Crippen LogP contribution in [-0.2, 0) is 16.0 Å². The molecular weight excluding hydrogens is 354 g/mol. The summed E-state index contributed by atoms with van der Waals surface area (Å²) < 4.78 is 0. The summed E-state index contributed by atoms with van der Waals surface area (Å²) in [6, 6.07) is 9.35. The highest BCUT2D eigenvalue weighted by Gasteiger charge is 2.43. The van der Waals surface area contributed by atoms with E-state index in [-0.39, 0.29) is 23.7 Å². The van der Waals surface area contributed by atoms with Crippen LogP contribution in [0.1, 0.15) is 24.8 Å². The fourth-order valence-electron chi connectivity index (χ4n) is 3.87. The maximum absolute atomic E-state index is 12.7. The van der Waals surface area contributed by atoms with Crippen LogP contribution < -0.4 is 10.6 Å². The summed E-state index contributed by atoms with van der Waals surface area (Å²) in [5.74, 6) is 0.278. The summed E-state index contributed by atoms with van der Waals surface area (Å²) in [7, 11) is 0. The summed E-state index contributed by atoms with van der Waals surface area (Å²) in [6.45, 7) is 0.712. The number of aromatic nitrogens is 2. The number of ketones is 1. The maximum atomic E-state index is 12.7. The highest BCUT2D eigenvalue weighted by molar-refractivity contribution is 6.06. The van der Waals surface area contributed by atoms with Crippen LogP contribution in [0.2, 0.25) is 0 Å². The van der Waals surface area contributed by atoms with Crippen molar-refractivity contribution in [2.45, 2.75) is 31.7 Å². The van der Waals surface area contributed by atoms with Crippen molar-refractivity contribution >= 4 is 29.5 Å². The molecule has 1 amide bonds. The summed E-state index contributed by atoms with van der Waals surface area (Å²) in [5, 5.41) is 6.10. The third kappa shape index (κ3) is 4.08. The molecule has 7 nitrogen and oxygen atoms in total. The molecule has 2 aliphatic rings. The fraction of sp³-hybridized carbons (Fsp3) is 0.381. The first-order valence-corrected chi connectivity index (χ1v) is 9.67. The smallest absolute Gasteiger partial charge is 0.234 e. The number of hydrogen-bond donors (Lipinski definition) is 2. The second-order valence-corrected chi connectivity index (χ2v) is 7.21. The summed E-state index contributed by atoms with van der Waals surface area (Å²) >= 11 is 0. The predicted octanol–water partition coefficient (Wildman–Crippen LogP) is 2.51. The van der Waals surface area contributed by atoms with Gasteiger partial charge in [0.25, 0.3) is 0 Å². The summed E-state index contributed by atoms with van der Waals surface area (Å²) in [6.07, 6.45) is 8.35. The number of fused-ring (bicyclic) bond motifs is 1. The van der Waals surface area contributed by atoms with Crippen molar-refractivity contribution < 1.29 is 9.59 Å². The van der Waals surface area contributed by atoms with Crippen molar-refractivity contribution in [1.82, 2.24) is 9.97 Å².